The van der Waals surface area contributed by atoms with Crippen LogP contribution in [0.5, 0.6) is 0 Å². The Labute approximate surface area is 108 Å². The molecule has 7 N–H and O–H groups in total. The molecule has 0 heterocycles. The molecule has 0 radical (unpaired) electrons. The standard InChI is InChI=1S/C8H18NO9P/c10-3-5(9(15)4-11)7(13)8(14)6(12)1-2-19(16,17)18/h4-8,10,12-15H,1-3H2,(H2,16,17,18)/t5?,6-,7+,8-/m1/s1. The number of rotatable bonds is 9. The maximum atomic E-state index is 10.6. The molecule has 1 unspecified atom stereocenters. The molecule has 10 nitrogen and oxygen atoms in total. The van der Waals surface area contributed by atoms with Crippen LogP contribution in [0.25, 0.3) is 0 Å². The van der Waals surface area contributed by atoms with Gasteiger partial charge >= 0.3 is 7.60 Å². The van der Waals surface area contributed by atoms with E-state index in [0.717, 1.165) is 0 Å². The Morgan fingerprint density at radius 3 is 2.05 bits per heavy atom. The van der Waals surface area contributed by atoms with Crippen molar-refractivity contribution in [3.8, 4) is 0 Å². The zero-order valence-corrected chi connectivity index (χ0v) is 10.7. The minimum atomic E-state index is -4.36. The van der Waals surface area contributed by atoms with Crippen LogP contribution in [-0.2, 0) is 9.36 Å². The largest absolute Gasteiger partial charge is 0.394 e. The predicted octanol–water partition coefficient (Wildman–Crippen LogP) is -3.15. The first-order chi connectivity index (χ1) is 8.64. The summed E-state index contributed by atoms with van der Waals surface area (Å²) in [7, 11) is -4.36. The lowest BCUT2D eigenvalue weighted by molar-refractivity contribution is -0.189. The average Bonchev–Trinajstić information content (AvgIpc) is 2.34. The molecule has 0 aromatic heterocycles. The van der Waals surface area contributed by atoms with Gasteiger partial charge in [0.2, 0.25) is 6.41 Å². The number of carbonyl (C=O) groups excluding carboxylic acids is 1. The van der Waals surface area contributed by atoms with Gasteiger partial charge in [0.05, 0.1) is 18.9 Å². The zero-order chi connectivity index (χ0) is 15.2. The first-order valence-electron chi connectivity index (χ1n) is 5.26. The normalized spacial score (nSPS) is 18.5. The second-order valence-corrected chi connectivity index (χ2v) is 5.74. The summed E-state index contributed by atoms with van der Waals surface area (Å²) in [5.74, 6) is 0. The lowest BCUT2D eigenvalue weighted by atomic mass is 10.00. The fourth-order valence-electron chi connectivity index (χ4n) is 1.35. The van der Waals surface area contributed by atoms with Crippen molar-refractivity contribution in [2.45, 2.75) is 30.8 Å². The van der Waals surface area contributed by atoms with Crippen molar-refractivity contribution in [3.05, 3.63) is 0 Å². The van der Waals surface area contributed by atoms with Crippen molar-refractivity contribution < 1.29 is 44.8 Å². The Balaban J connectivity index is 4.56. The second kappa shape index (κ2) is 7.88. The molecular weight excluding hydrogens is 285 g/mol. The predicted molar refractivity (Wildman–Crippen MR) is 60.1 cm³/mol. The highest BCUT2D eigenvalue weighted by Gasteiger charge is 2.34. The number of aliphatic hydroxyl groups excluding tert-OH is 4. The molecule has 0 aliphatic rings. The highest BCUT2D eigenvalue weighted by Crippen LogP contribution is 2.35. The summed E-state index contributed by atoms with van der Waals surface area (Å²) < 4.78 is 10.6. The van der Waals surface area contributed by atoms with Gasteiger partial charge in [-0.1, -0.05) is 0 Å². The number of aliphatic hydroxyl groups is 4. The second-order valence-electron chi connectivity index (χ2n) is 3.96. The van der Waals surface area contributed by atoms with E-state index < -0.39 is 51.1 Å². The molecule has 0 aliphatic heterocycles. The number of hydrogen-bond donors (Lipinski definition) is 7. The van der Waals surface area contributed by atoms with Crippen LogP contribution in [0.3, 0.4) is 0 Å². The molecule has 4 atom stereocenters. The van der Waals surface area contributed by atoms with Crippen molar-refractivity contribution in [1.29, 1.82) is 0 Å². The van der Waals surface area contributed by atoms with Gasteiger partial charge < -0.3 is 30.2 Å². The summed E-state index contributed by atoms with van der Waals surface area (Å²) >= 11 is 0. The van der Waals surface area contributed by atoms with E-state index in [0.29, 0.717) is 0 Å². The number of nitrogens with zero attached hydrogens (tertiary/aromatic N) is 1. The van der Waals surface area contributed by atoms with Crippen LogP contribution >= 0.6 is 7.60 Å². The lowest BCUT2D eigenvalue weighted by Gasteiger charge is -2.30. The summed E-state index contributed by atoms with van der Waals surface area (Å²) in [6.45, 7) is -0.890. The Hall–Kier alpha value is -0.580. The van der Waals surface area contributed by atoms with Gasteiger partial charge in [0.25, 0.3) is 0 Å². The van der Waals surface area contributed by atoms with E-state index in [2.05, 4.69) is 0 Å². The minimum absolute atomic E-state index is 0.0798. The molecule has 0 aromatic carbocycles. The van der Waals surface area contributed by atoms with Crippen LogP contribution in [0.1, 0.15) is 6.42 Å². The van der Waals surface area contributed by atoms with Crippen LogP contribution in [0.2, 0.25) is 0 Å². The van der Waals surface area contributed by atoms with E-state index in [1.165, 1.54) is 0 Å². The molecule has 11 heteroatoms. The Kier molecular flexibility index (Phi) is 7.64. The molecule has 0 spiro atoms. The van der Waals surface area contributed by atoms with E-state index in [9.17, 15) is 24.7 Å². The first kappa shape index (κ1) is 18.4. The smallest absolute Gasteiger partial charge is 0.325 e. The third-order valence-corrected chi connectivity index (χ3v) is 3.33. The maximum absolute atomic E-state index is 10.6. The molecule has 0 saturated heterocycles. The third kappa shape index (κ3) is 6.41. The summed E-state index contributed by atoms with van der Waals surface area (Å²) in [6, 6.07) is -1.57. The first-order valence-corrected chi connectivity index (χ1v) is 7.06. The fraction of sp³-hybridized carbons (Fsp3) is 0.875. The Morgan fingerprint density at radius 1 is 1.16 bits per heavy atom. The van der Waals surface area contributed by atoms with E-state index >= 15 is 0 Å². The van der Waals surface area contributed by atoms with E-state index in [1.807, 2.05) is 0 Å². The van der Waals surface area contributed by atoms with Gasteiger partial charge in [-0.05, 0) is 6.42 Å². The highest BCUT2D eigenvalue weighted by molar-refractivity contribution is 7.51. The maximum Gasteiger partial charge on any atom is 0.325 e. The Bertz CT molecular complexity index is 321. The van der Waals surface area contributed by atoms with Crippen LogP contribution < -0.4 is 0 Å². The van der Waals surface area contributed by atoms with E-state index in [4.69, 9.17) is 20.1 Å². The van der Waals surface area contributed by atoms with Gasteiger partial charge in [-0.15, -0.1) is 0 Å². The molecule has 114 valence electrons. The van der Waals surface area contributed by atoms with Gasteiger partial charge in [-0.25, -0.2) is 5.06 Å². The third-order valence-electron chi connectivity index (χ3n) is 2.49. The molecule has 0 rings (SSSR count). The molecule has 1 amide bonds. The summed E-state index contributed by atoms with van der Waals surface area (Å²) in [4.78, 5) is 27.4. The van der Waals surface area contributed by atoms with Crippen LogP contribution in [0.15, 0.2) is 0 Å². The minimum Gasteiger partial charge on any atom is -0.394 e. The van der Waals surface area contributed by atoms with Gasteiger partial charge in [-0.2, -0.15) is 0 Å². The highest BCUT2D eigenvalue weighted by atomic mass is 31.2. The molecular formula is C8H18NO9P. The summed E-state index contributed by atoms with van der Waals surface area (Å²) in [5.41, 5.74) is 0. The van der Waals surface area contributed by atoms with Crippen LogP contribution in [0.4, 0.5) is 0 Å². The molecule has 0 aliphatic carbocycles. The van der Waals surface area contributed by atoms with E-state index in [1.54, 1.807) is 0 Å². The SMILES string of the molecule is O=CN(O)C(CO)[C@H](O)[C@H](O)[C@H](O)CCP(=O)(O)O. The van der Waals surface area contributed by atoms with E-state index in [-0.39, 0.29) is 11.5 Å². The van der Waals surface area contributed by atoms with Crippen molar-refractivity contribution in [3.63, 3.8) is 0 Å². The Morgan fingerprint density at radius 2 is 1.68 bits per heavy atom. The quantitative estimate of drug-likeness (QED) is 0.100. The summed E-state index contributed by atoms with van der Waals surface area (Å²) in [6.07, 6.45) is -6.83. The topological polar surface area (TPSA) is 179 Å². The fourth-order valence-corrected chi connectivity index (χ4v) is 1.95. The number of hydrogen-bond acceptors (Lipinski definition) is 7. The monoisotopic (exact) mass is 303 g/mol. The van der Waals surface area contributed by atoms with Gasteiger partial charge in [0, 0.05) is 0 Å². The lowest BCUT2D eigenvalue weighted by Crippen LogP contribution is -2.52. The van der Waals surface area contributed by atoms with Crippen molar-refractivity contribution in [1.82, 2.24) is 5.06 Å². The van der Waals surface area contributed by atoms with Gasteiger partial charge in [-0.3, -0.25) is 14.6 Å². The molecule has 19 heavy (non-hydrogen) atoms. The van der Waals surface area contributed by atoms with Crippen LogP contribution in [-0.4, -0.2) is 84.0 Å². The number of hydroxylamine groups is 2. The van der Waals surface area contributed by atoms with Gasteiger partial charge in [0.1, 0.15) is 18.2 Å². The molecule has 0 fully saturated rings. The molecule has 0 bridgehead atoms. The average molecular weight is 303 g/mol. The summed E-state index contributed by atoms with van der Waals surface area (Å²) in [5, 5.41) is 46.3. The molecule has 0 saturated carbocycles. The van der Waals surface area contributed by atoms with Crippen molar-refractivity contribution in [2.24, 2.45) is 0 Å². The molecule has 0 aromatic rings. The van der Waals surface area contributed by atoms with Gasteiger partial charge in [0.15, 0.2) is 0 Å². The van der Waals surface area contributed by atoms with Crippen LogP contribution in [0, 0.1) is 0 Å². The van der Waals surface area contributed by atoms with Crippen molar-refractivity contribution in [2.75, 3.05) is 12.8 Å². The van der Waals surface area contributed by atoms with Crippen molar-refractivity contribution >= 4 is 14.0 Å². The zero-order valence-electron chi connectivity index (χ0n) is 9.85. The number of carbonyl (C=O) groups is 1. The number of amides is 1.